The lowest BCUT2D eigenvalue weighted by atomic mass is 10.2. The predicted molar refractivity (Wildman–Crippen MR) is 77.0 cm³/mol. The Morgan fingerprint density at radius 2 is 2.17 bits per heavy atom. The monoisotopic (exact) mass is 264 g/mol. The molecule has 0 saturated heterocycles. The molecule has 1 saturated carbocycles. The molecule has 1 aliphatic rings. The molecule has 0 radical (unpaired) electrons. The summed E-state index contributed by atoms with van der Waals surface area (Å²) in [7, 11) is 0. The molecule has 4 heteroatoms. The number of hydrogen-bond acceptors (Lipinski definition) is 3. The number of amides is 1. The molecule has 1 aromatic carbocycles. The molecule has 2 rings (SSSR count). The van der Waals surface area contributed by atoms with Gasteiger partial charge in [0.15, 0.2) is 0 Å². The zero-order valence-electron chi connectivity index (χ0n) is 10.7. The second-order valence-corrected chi connectivity index (χ2v) is 5.98. The van der Waals surface area contributed by atoms with Crippen molar-refractivity contribution in [1.82, 2.24) is 5.32 Å². The summed E-state index contributed by atoms with van der Waals surface area (Å²) >= 11 is 1.85. The van der Waals surface area contributed by atoms with Crippen LogP contribution in [0.2, 0.25) is 0 Å². The van der Waals surface area contributed by atoms with Crippen molar-refractivity contribution in [2.45, 2.75) is 42.8 Å². The minimum absolute atomic E-state index is 0.0541. The average molecular weight is 264 g/mol. The molecule has 1 aliphatic carbocycles. The lowest BCUT2D eigenvalue weighted by Crippen LogP contribution is -2.22. The molecule has 1 fully saturated rings. The van der Waals surface area contributed by atoms with Crippen LogP contribution in [-0.2, 0) is 0 Å². The van der Waals surface area contributed by atoms with Crippen molar-refractivity contribution in [2.24, 2.45) is 0 Å². The highest BCUT2D eigenvalue weighted by atomic mass is 32.2. The maximum absolute atomic E-state index is 11.7. The lowest BCUT2D eigenvalue weighted by Gasteiger charge is -2.12. The molecule has 3 N–H and O–H groups in total. The van der Waals surface area contributed by atoms with Crippen LogP contribution >= 0.6 is 11.8 Å². The third-order valence-electron chi connectivity index (χ3n) is 3.21. The maximum atomic E-state index is 11.7. The first-order valence-electron chi connectivity index (χ1n) is 6.55. The van der Waals surface area contributed by atoms with Gasteiger partial charge in [-0.25, -0.2) is 0 Å². The van der Waals surface area contributed by atoms with Crippen molar-refractivity contribution >= 4 is 23.4 Å². The van der Waals surface area contributed by atoms with Crippen LogP contribution in [0.5, 0.6) is 0 Å². The second-order valence-electron chi connectivity index (χ2n) is 4.64. The van der Waals surface area contributed by atoms with Gasteiger partial charge in [-0.1, -0.05) is 12.8 Å². The van der Waals surface area contributed by atoms with Gasteiger partial charge in [-0.2, -0.15) is 0 Å². The Bertz CT molecular complexity index is 428. The molecule has 98 valence electrons. The lowest BCUT2D eigenvalue weighted by molar-refractivity contribution is 0.0956. The van der Waals surface area contributed by atoms with Gasteiger partial charge in [0.2, 0.25) is 0 Å². The third-order valence-corrected chi connectivity index (χ3v) is 4.64. The van der Waals surface area contributed by atoms with E-state index in [1.54, 1.807) is 6.07 Å². The molecular formula is C14H20N2OS. The molecule has 0 unspecified atom stereocenters. The zero-order chi connectivity index (χ0) is 13.0. The van der Waals surface area contributed by atoms with Gasteiger partial charge >= 0.3 is 0 Å². The van der Waals surface area contributed by atoms with Crippen LogP contribution in [-0.4, -0.2) is 17.7 Å². The maximum Gasteiger partial charge on any atom is 0.251 e. The summed E-state index contributed by atoms with van der Waals surface area (Å²) in [6.07, 6.45) is 5.22. The summed E-state index contributed by atoms with van der Waals surface area (Å²) in [5.74, 6) is -0.0541. The molecule has 1 amide bonds. The van der Waals surface area contributed by atoms with Crippen molar-refractivity contribution < 1.29 is 4.79 Å². The smallest absolute Gasteiger partial charge is 0.251 e. The van der Waals surface area contributed by atoms with Gasteiger partial charge < -0.3 is 11.1 Å². The highest BCUT2D eigenvalue weighted by molar-refractivity contribution is 8.00. The Morgan fingerprint density at radius 3 is 2.78 bits per heavy atom. The van der Waals surface area contributed by atoms with Crippen molar-refractivity contribution in [2.75, 3.05) is 12.3 Å². The van der Waals surface area contributed by atoms with Crippen LogP contribution < -0.4 is 11.1 Å². The Kier molecular flexibility index (Phi) is 4.53. The van der Waals surface area contributed by atoms with Gasteiger partial charge in [-0.15, -0.1) is 11.8 Å². The van der Waals surface area contributed by atoms with Crippen molar-refractivity contribution in [1.29, 1.82) is 0 Å². The fourth-order valence-electron chi connectivity index (χ4n) is 2.25. The minimum Gasteiger partial charge on any atom is -0.398 e. The number of anilines is 1. The highest BCUT2D eigenvalue weighted by Gasteiger charge is 2.17. The van der Waals surface area contributed by atoms with E-state index in [0.717, 1.165) is 10.6 Å². The number of carbonyl (C=O) groups excluding carboxylic acids is 1. The number of rotatable bonds is 4. The molecule has 18 heavy (non-hydrogen) atoms. The number of nitrogens with two attached hydrogens (primary N) is 1. The summed E-state index contributed by atoms with van der Waals surface area (Å²) in [5.41, 5.74) is 7.39. The fourth-order valence-corrected chi connectivity index (χ4v) is 3.52. The molecule has 1 aromatic rings. The van der Waals surface area contributed by atoms with E-state index in [1.807, 2.05) is 30.8 Å². The van der Waals surface area contributed by atoms with E-state index in [2.05, 4.69) is 5.32 Å². The zero-order valence-corrected chi connectivity index (χ0v) is 11.6. The molecule has 0 bridgehead atoms. The van der Waals surface area contributed by atoms with E-state index >= 15 is 0 Å². The average Bonchev–Trinajstić information content (AvgIpc) is 2.85. The quantitative estimate of drug-likeness (QED) is 0.822. The number of carbonyl (C=O) groups is 1. The van der Waals surface area contributed by atoms with E-state index in [1.165, 1.54) is 25.7 Å². The van der Waals surface area contributed by atoms with Crippen molar-refractivity contribution in [3.8, 4) is 0 Å². The summed E-state index contributed by atoms with van der Waals surface area (Å²) in [6, 6.07) is 5.61. The number of hydrogen-bond donors (Lipinski definition) is 2. The van der Waals surface area contributed by atoms with Crippen LogP contribution in [0.1, 0.15) is 43.0 Å². The summed E-state index contributed by atoms with van der Waals surface area (Å²) < 4.78 is 0. The predicted octanol–water partition coefficient (Wildman–Crippen LogP) is 3.05. The topological polar surface area (TPSA) is 55.1 Å². The van der Waals surface area contributed by atoms with Crippen LogP contribution in [0.15, 0.2) is 23.1 Å². The van der Waals surface area contributed by atoms with E-state index in [9.17, 15) is 4.79 Å². The summed E-state index contributed by atoms with van der Waals surface area (Å²) in [6.45, 7) is 2.54. The summed E-state index contributed by atoms with van der Waals surface area (Å²) in [4.78, 5) is 12.8. The van der Waals surface area contributed by atoms with Crippen LogP contribution in [0.25, 0.3) is 0 Å². The van der Waals surface area contributed by atoms with E-state index in [0.29, 0.717) is 17.4 Å². The van der Waals surface area contributed by atoms with Gasteiger partial charge in [0.25, 0.3) is 5.91 Å². The normalized spacial score (nSPS) is 15.8. The number of thioether (sulfide) groups is 1. The Balaban J connectivity index is 2.06. The first-order valence-corrected chi connectivity index (χ1v) is 7.43. The van der Waals surface area contributed by atoms with Gasteiger partial charge in [0.1, 0.15) is 0 Å². The minimum atomic E-state index is -0.0541. The first kappa shape index (κ1) is 13.3. The van der Waals surface area contributed by atoms with Crippen LogP contribution in [0.3, 0.4) is 0 Å². The number of benzene rings is 1. The van der Waals surface area contributed by atoms with Gasteiger partial charge in [0.05, 0.1) is 0 Å². The van der Waals surface area contributed by atoms with Crippen molar-refractivity contribution in [3.05, 3.63) is 23.8 Å². The molecule has 0 spiro atoms. The molecule has 0 heterocycles. The first-order chi connectivity index (χ1) is 8.70. The Labute approximate surface area is 113 Å². The molecular weight excluding hydrogens is 244 g/mol. The molecule has 0 aromatic heterocycles. The number of nitrogens with one attached hydrogen (secondary N) is 1. The largest absolute Gasteiger partial charge is 0.398 e. The third kappa shape index (κ3) is 3.19. The van der Waals surface area contributed by atoms with Gasteiger partial charge in [-0.3, -0.25) is 4.79 Å². The SMILES string of the molecule is CCNC(=O)c1ccc(SC2CCCC2)c(N)c1. The summed E-state index contributed by atoms with van der Waals surface area (Å²) in [5, 5.41) is 3.48. The Morgan fingerprint density at radius 1 is 1.44 bits per heavy atom. The van der Waals surface area contributed by atoms with Gasteiger partial charge in [-0.05, 0) is 38.0 Å². The fraction of sp³-hybridized carbons (Fsp3) is 0.500. The Hall–Kier alpha value is -1.16. The van der Waals surface area contributed by atoms with E-state index in [4.69, 9.17) is 5.73 Å². The van der Waals surface area contributed by atoms with Crippen LogP contribution in [0.4, 0.5) is 5.69 Å². The van der Waals surface area contributed by atoms with Gasteiger partial charge in [0, 0.05) is 27.9 Å². The van der Waals surface area contributed by atoms with E-state index < -0.39 is 0 Å². The highest BCUT2D eigenvalue weighted by Crippen LogP contribution is 2.37. The van der Waals surface area contributed by atoms with E-state index in [-0.39, 0.29) is 5.91 Å². The number of nitrogen functional groups attached to an aromatic ring is 1. The molecule has 0 atom stereocenters. The van der Waals surface area contributed by atoms with Crippen molar-refractivity contribution in [3.63, 3.8) is 0 Å². The van der Waals surface area contributed by atoms with Crippen LogP contribution in [0, 0.1) is 0 Å². The second kappa shape index (κ2) is 6.14. The molecule has 3 nitrogen and oxygen atoms in total. The molecule has 0 aliphatic heterocycles. The standard InChI is InChI=1S/C14H20N2OS/c1-2-16-14(17)10-7-8-13(12(15)9-10)18-11-5-3-4-6-11/h7-9,11H,2-6,15H2,1H3,(H,16,17).